The van der Waals surface area contributed by atoms with Crippen LogP contribution in [0.5, 0.6) is 0 Å². The van der Waals surface area contributed by atoms with Gasteiger partial charge in [-0.15, -0.1) is 10.2 Å². The van der Waals surface area contributed by atoms with Gasteiger partial charge in [0.05, 0.1) is 17.2 Å². The number of hydrogen-bond donors (Lipinski definition) is 1. The molecule has 0 aliphatic carbocycles. The fourth-order valence-corrected chi connectivity index (χ4v) is 2.36. The molecular formula is C19H18FN5O3. The summed E-state index contributed by atoms with van der Waals surface area (Å²) in [6.45, 7) is 3.34. The first kappa shape index (κ1) is 19.2. The van der Waals surface area contributed by atoms with Crippen LogP contribution >= 0.6 is 0 Å². The normalized spacial score (nSPS) is 10.7. The first-order valence-corrected chi connectivity index (χ1v) is 8.56. The summed E-state index contributed by atoms with van der Waals surface area (Å²) in [7, 11) is 0. The van der Waals surface area contributed by atoms with Crippen molar-refractivity contribution in [2.24, 2.45) is 0 Å². The summed E-state index contributed by atoms with van der Waals surface area (Å²) >= 11 is 0. The Labute approximate surface area is 160 Å². The maximum absolute atomic E-state index is 13.8. The average Bonchev–Trinajstić information content (AvgIpc) is 3.10. The second-order valence-corrected chi connectivity index (χ2v) is 6.20. The Kier molecular flexibility index (Phi) is 5.73. The van der Waals surface area contributed by atoms with Gasteiger partial charge in [0, 0.05) is 5.69 Å². The van der Waals surface area contributed by atoms with Crippen molar-refractivity contribution in [2.45, 2.75) is 26.5 Å². The van der Waals surface area contributed by atoms with Crippen LogP contribution < -0.4 is 5.32 Å². The number of nitrogens with zero attached hydrogens (tertiary/aromatic N) is 4. The molecule has 8 nitrogen and oxygen atoms in total. The quantitative estimate of drug-likeness (QED) is 0.657. The molecular weight excluding hydrogens is 365 g/mol. The Morgan fingerprint density at radius 3 is 2.54 bits per heavy atom. The number of amides is 1. The molecule has 0 saturated carbocycles. The van der Waals surface area contributed by atoms with E-state index in [-0.39, 0.29) is 24.0 Å². The summed E-state index contributed by atoms with van der Waals surface area (Å²) in [6.07, 6.45) is -0.212. The lowest BCUT2D eigenvalue weighted by Crippen LogP contribution is -2.20. The van der Waals surface area contributed by atoms with Crippen LogP contribution in [0, 0.1) is 5.82 Å². The molecule has 9 heteroatoms. The predicted molar refractivity (Wildman–Crippen MR) is 98.8 cm³/mol. The maximum atomic E-state index is 13.8. The third kappa shape index (κ3) is 4.76. The lowest BCUT2D eigenvalue weighted by atomic mass is 10.2. The number of rotatable bonds is 6. The van der Waals surface area contributed by atoms with E-state index in [9.17, 15) is 14.0 Å². The number of esters is 1. The minimum Gasteiger partial charge on any atom is -0.459 e. The van der Waals surface area contributed by atoms with E-state index in [1.165, 1.54) is 12.1 Å². The van der Waals surface area contributed by atoms with Crippen molar-refractivity contribution in [3.8, 4) is 11.4 Å². The van der Waals surface area contributed by atoms with Gasteiger partial charge in [-0.25, -0.2) is 9.18 Å². The van der Waals surface area contributed by atoms with Crippen LogP contribution in [0.25, 0.3) is 11.4 Å². The number of hydrogen-bond acceptors (Lipinski definition) is 6. The Hall–Kier alpha value is -3.62. The van der Waals surface area contributed by atoms with Gasteiger partial charge in [-0.05, 0) is 55.5 Å². The molecule has 1 amide bonds. The standard InChI is InChI=1S/C19H18FN5O3/c1-12(2)28-19(27)13-7-9-14(10-8-13)21-17(26)11-25-23-18(22-24-25)15-5-3-4-6-16(15)20/h3-10,12H,11H2,1-2H3,(H,21,26). The number of ether oxygens (including phenoxy) is 1. The van der Waals surface area contributed by atoms with Crippen molar-refractivity contribution in [1.82, 2.24) is 20.2 Å². The van der Waals surface area contributed by atoms with Crippen molar-refractivity contribution in [1.29, 1.82) is 0 Å². The van der Waals surface area contributed by atoms with E-state index in [0.29, 0.717) is 11.3 Å². The van der Waals surface area contributed by atoms with E-state index in [1.807, 2.05) is 0 Å². The largest absolute Gasteiger partial charge is 0.459 e. The van der Waals surface area contributed by atoms with Gasteiger partial charge in [0.2, 0.25) is 11.7 Å². The van der Waals surface area contributed by atoms with Crippen LogP contribution in [0.1, 0.15) is 24.2 Å². The highest BCUT2D eigenvalue weighted by Gasteiger charge is 2.13. The molecule has 0 aliphatic rings. The van der Waals surface area contributed by atoms with Crippen molar-refractivity contribution >= 4 is 17.6 Å². The highest BCUT2D eigenvalue weighted by molar-refractivity contribution is 5.93. The van der Waals surface area contributed by atoms with Crippen LogP contribution in [0.2, 0.25) is 0 Å². The highest BCUT2D eigenvalue weighted by atomic mass is 19.1. The topological polar surface area (TPSA) is 99.0 Å². The SMILES string of the molecule is CC(C)OC(=O)c1ccc(NC(=O)Cn2nnc(-c3ccccc3F)n2)cc1. The zero-order valence-electron chi connectivity index (χ0n) is 15.3. The number of aromatic nitrogens is 4. The molecule has 0 spiro atoms. The van der Waals surface area contributed by atoms with Gasteiger partial charge in [0.1, 0.15) is 12.4 Å². The minimum absolute atomic E-state index is 0.0962. The summed E-state index contributed by atoms with van der Waals surface area (Å²) < 4.78 is 18.9. The van der Waals surface area contributed by atoms with Gasteiger partial charge in [-0.1, -0.05) is 12.1 Å². The molecule has 2 aromatic carbocycles. The van der Waals surface area contributed by atoms with Crippen LogP contribution in [0.3, 0.4) is 0 Å². The maximum Gasteiger partial charge on any atom is 0.338 e. The number of carbonyl (C=O) groups excluding carboxylic acids is 2. The highest BCUT2D eigenvalue weighted by Crippen LogP contribution is 2.17. The molecule has 1 aromatic heterocycles. The summed E-state index contributed by atoms with van der Waals surface area (Å²) in [5, 5.41) is 14.2. The second kappa shape index (κ2) is 8.38. The molecule has 0 aliphatic heterocycles. The number of tetrazole rings is 1. The van der Waals surface area contributed by atoms with Gasteiger partial charge in [-0.3, -0.25) is 4.79 Å². The Balaban J connectivity index is 1.60. The van der Waals surface area contributed by atoms with Gasteiger partial charge < -0.3 is 10.1 Å². The molecule has 3 rings (SSSR count). The lowest BCUT2D eigenvalue weighted by Gasteiger charge is -2.09. The summed E-state index contributed by atoms with van der Waals surface area (Å²) in [5.41, 5.74) is 1.10. The van der Waals surface area contributed by atoms with E-state index in [1.54, 1.807) is 50.2 Å². The molecule has 0 atom stereocenters. The number of carbonyl (C=O) groups is 2. The number of anilines is 1. The number of nitrogens with one attached hydrogen (secondary N) is 1. The number of benzene rings is 2. The zero-order valence-corrected chi connectivity index (χ0v) is 15.3. The summed E-state index contributed by atoms with van der Waals surface area (Å²) in [6, 6.07) is 12.3. The van der Waals surface area contributed by atoms with E-state index >= 15 is 0 Å². The minimum atomic E-state index is -0.470. The molecule has 0 bridgehead atoms. The smallest absolute Gasteiger partial charge is 0.338 e. The lowest BCUT2D eigenvalue weighted by molar-refractivity contribution is -0.117. The van der Waals surface area contributed by atoms with Crippen molar-refractivity contribution in [3.63, 3.8) is 0 Å². The first-order valence-electron chi connectivity index (χ1n) is 8.56. The second-order valence-electron chi connectivity index (χ2n) is 6.20. The van der Waals surface area contributed by atoms with Crippen molar-refractivity contribution in [2.75, 3.05) is 5.32 Å². The molecule has 0 radical (unpaired) electrons. The van der Waals surface area contributed by atoms with E-state index in [4.69, 9.17) is 4.74 Å². The van der Waals surface area contributed by atoms with Gasteiger partial charge in [-0.2, -0.15) is 4.80 Å². The molecule has 28 heavy (non-hydrogen) atoms. The zero-order chi connectivity index (χ0) is 20.1. The van der Waals surface area contributed by atoms with Gasteiger partial charge in [0.15, 0.2) is 0 Å². The first-order chi connectivity index (χ1) is 13.4. The average molecular weight is 383 g/mol. The van der Waals surface area contributed by atoms with E-state index < -0.39 is 17.7 Å². The van der Waals surface area contributed by atoms with Gasteiger partial charge in [0.25, 0.3) is 0 Å². The molecule has 144 valence electrons. The van der Waals surface area contributed by atoms with Crippen LogP contribution in [-0.4, -0.2) is 38.2 Å². The van der Waals surface area contributed by atoms with Crippen LogP contribution in [0.15, 0.2) is 48.5 Å². The monoisotopic (exact) mass is 383 g/mol. The summed E-state index contributed by atoms with van der Waals surface area (Å²) in [4.78, 5) is 25.0. The molecule has 0 saturated heterocycles. The molecule has 0 fully saturated rings. The Morgan fingerprint density at radius 1 is 1.14 bits per heavy atom. The van der Waals surface area contributed by atoms with Crippen LogP contribution in [0.4, 0.5) is 10.1 Å². The Morgan fingerprint density at radius 2 is 1.86 bits per heavy atom. The van der Waals surface area contributed by atoms with Crippen molar-refractivity contribution in [3.05, 3.63) is 59.9 Å². The fraction of sp³-hybridized carbons (Fsp3) is 0.211. The molecule has 1 N–H and O–H groups in total. The van der Waals surface area contributed by atoms with E-state index in [0.717, 1.165) is 4.80 Å². The molecule has 3 aromatic rings. The number of halogens is 1. The van der Waals surface area contributed by atoms with Crippen LogP contribution in [-0.2, 0) is 16.1 Å². The van der Waals surface area contributed by atoms with Gasteiger partial charge >= 0.3 is 5.97 Å². The third-order valence-corrected chi connectivity index (χ3v) is 3.60. The molecule has 1 heterocycles. The van der Waals surface area contributed by atoms with Crippen molar-refractivity contribution < 1.29 is 18.7 Å². The Bertz CT molecular complexity index is 985. The molecule has 0 unspecified atom stereocenters. The predicted octanol–water partition coefficient (Wildman–Crippen LogP) is 2.68. The third-order valence-electron chi connectivity index (χ3n) is 3.60. The summed E-state index contributed by atoms with van der Waals surface area (Å²) in [5.74, 6) is -1.20. The fourth-order valence-electron chi connectivity index (χ4n) is 2.36. The van der Waals surface area contributed by atoms with E-state index in [2.05, 4.69) is 20.7 Å².